The van der Waals surface area contributed by atoms with Crippen LogP contribution in [-0.2, 0) is 0 Å². The summed E-state index contributed by atoms with van der Waals surface area (Å²) in [4.78, 5) is 13.8. The zero-order valence-corrected chi connectivity index (χ0v) is 18.6. The number of hydrogen-bond acceptors (Lipinski definition) is 5. The summed E-state index contributed by atoms with van der Waals surface area (Å²) < 4.78 is 12.2. The highest BCUT2D eigenvalue weighted by molar-refractivity contribution is 5.96. The van der Waals surface area contributed by atoms with E-state index in [0.29, 0.717) is 33.6 Å². The SMILES string of the molecule is Cc1ccc(C2c3c(c4cc(C)ccc4oc3=N)Nc3oc4ccc(C)cc4c(=O)c32)cc1. The van der Waals surface area contributed by atoms with Gasteiger partial charge in [-0.25, -0.2) is 0 Å². The second-order valence-electron chi connectivity index (χ2n) is 8.86. The smallest absolute Gasteiger partial charge is 0.218 e. The monoisotopic (exact) mass is 434 g/mol. The second kappa shape index (κ2) is 6.94. The lowest BCUT2D eigenvalue weighted by Crippen LogP contribution is -2.27. The van der Waals surface area contributed by atoms with Crippen LogP contribution < -0.4 is 16.3 Å². The van der Waals surface area contributed by atoms with Crippen LogP contribution in [0.2, 0.25) is 0 Å². The molecule has 6 rings (SSSR count). The van der Waals surface area contributed by atoms with Crippen LogP contribution in [0, 0.1) is 26.2 Å². The minimum absolute atomic E-state index is 0.0359. The Morgan fingerprint density at radius 2 is 1.36 bits per heavy atom. The van der Waals surface area contributed by atoms with Crippen molar-refractivity contribution in [2.75, 3.05) is 5.32 Å². The Hall–Kier alpha value is -4.12. The summed E-state index contributed by atoms with van der Waals surface area (Å²) >= 11 is 0. The van der Waals surface area contributed by atoms with Gasteiger partial charge in [0.25, 0.3) is 0 Å². The quantitative estimate of drug-likeness (QED) is 0.324. The number of fused-ring (bicyclic) bond motifs is 5. The van der Waals surface area contributed by atoms with Crippen LogP contribution in [0.4, 0.5) is 11.6 Å². The summed E-state index contributed by atoms with van der Waals surface area (Å²) in [5, 5.41) is 13.5. The van der Waals surface area contributed by atoms with Crippen molar-refractivity contribution < 1.29 is 8.83 Å². The van der Waals surface area contributed by atoms with E-state index in [1.54, 1.807) is 0 Å². The Bertz CT molecular complexity index is 1710. The maximum absolute atomic E-state index is 13.8. The third-order valence-electron chi connectivity index (χ3n) is 6.44. The van der Waals surface area contributed by atoms with Gasteiger partial charge in [0.1, 0.15) is 11.2 Å². The first-order valence-electron chi connectivity index (χ1n) is 10.9. The lowest BCUT2D eigenvalue weighted by atomic mass is 9.81. The van der Waals surface area contributed by atoms with Crippen molar-refractivity contribution in [2.24, 2.45) is 0 Å². The van der Waals surface area contributed by atoms with Gasteiger partial charge in [-0.2, -0.15) is 0 Å². The minimum Gasteiger partial charge on any atom is -0.440 e. The fourth-order valence-electron chi connectivity index (χ4n) is 4.79. The van der Waals surface area contributed by atoms with Crippen molar-refractivity contribution in [2.45, 2.75) is 26.7 Å². The van der Waals surface area contributed by atoms with E-state index in [1.165, 1.54) is 0 Å². The number of nitrogens with one attached hydrogen (secondary N) is 2. The zero-order valence-electron chi connectivity index (χ0n) is 18.6. The molecule has 0 saturated heterocycles. The average molecular weight is 434 g/mol. The molecule has 2 aromatic heterocycles. The maximum Gasteiger partial charge on any atom is 0.218 e. The average Bonchev–Trinajstić information content (AvgIpc) is 2.80. The molecular formula is C28H22N2O3. The molecule has 0 fully saturated rings. The van der Waals surface area contributed by atoms with Crippen molar-refractivity contribution in [1.29, 1.82) is 5.41 Å². The van der Waals surface area contributed by atoms with Gasteiger partial charge in [-0.15, -0.1) is 0 Å². The number of anilines is 2. The molecule has 2 N–H and O–H groups in total. The summed E-state index contributed by atoms with van der Waals surface area (Å²) in [6.07, 6.45) is 0. The standard InChI is InChI=1S/C28H22N2O3/c1-14-4-8-17(9-5-14)22-23-25(18-12-15(2)6-10-20(18)32-27(23)29)30-28-24(22)26(31)19-13-16(3)7-11-21(19)33-28/h4-13,22,29-30H,1-3H3. The first kappa shape index (κ1) is 19.6. The highest BCUT2D eigenvalue weighted by atomic mass is 16.4. The van der Waals surface area contributed by atoms with Crippen LogP contribution in [0.5, 0.6) is 0 Å². The van der Waals surface area contributed by atoms with Gasteiger partial charge in [0.2, 0.25) is 11.4 Å². The Morgan fingerprint density at radius 1 is 0.758 bits per heavy atom. The van der Waals surface area contributed by atoms with E-state index in [-0.39, 0.29) is 11.0 Å². The third-order valence-corrected chi connectivity index (χ3v) is 6.44. The Morgan fingerprint density at radius 3 is 2.06 bits per heavy atom. The van der Waals surface area contributed by atoms with E-state index < -0.39 is 5.92 Å². The highest BCUT2D eigenvalue weighted by Gasteiger charge is 2.35. The molecule has 3 heterocycles. The molecule has 0 amide bonds. The molecule has 0 saturated carbocycles. The van der Waals surface area contributed by atoms with Crippen LogP contribution in [-0.4, -0.2) is 0 Å². The Labute approximate surface area is 189 Å². The summed E-state index contributed by atoms with van der Waals surface area (Å²) in [7, 11) is 0. The van der Waals surface area contributed by atoms with Crippen LogP contribution in [0.1, 0.15) is 39.3 Å². The molecule has 5 aromatic rings. The molecule has 1 aliphatic rings. The number of rotatable bonds is 1. The molecule has 1 aliphatic heterocycles. The van der Waals surface area contributed by atoms with Gasteiger partial charge in [0, 0.05) is 5.39 Å². The fourth-order valence-corrected chi connectivity index (χ4v) is 4.79. The summed E-state index contributed by atoms with van der Waals surface area (Å²) in [5.74, 6) is -0.0676. The molecule has 162 valence electrons. The van der Waals surface area contributed by atoms with Gasteiger partial charge in [-0.3, -0.25) is 10.2 Å². The lowest BCUT2D eigenvalue weighted by Gasteiger charge is -2.28. The molecule has 0 spiro atoms. The van der Waals surface area contributed by atoms with E-state index in [2.05, 4.69) is 5.32 Å². The summed E-state index contributed by atoms with van der Waals surface area (Å²) in [6, 6.07) is 19.6. The van der Waals surface area contributed by atoms with Gasteiger partial charge < -0.3 is 14.2 Å². The Kier molecular flexibility index (Phi) is 4.11. The van der Waals surface area contributed by atoms with E-state index >= 15 is 0 Å². The largest absolute Gasteiger partial charge is 0.440 e. The summed E-state index contributed by atoms with van der Waals surface area (Å²) in [5.41, 5.74) is 7.09. The topological polar surface area (TPSA) is 79.2 Å². The van der Waals surface area contributed by atoms with Crippen LogP contribution in [0.15, 0.2) is 74.3 Å². The maximum atomic E-state index is 13.8. The molecule has 0 aliphatic carbocycles. The molecule has 33 heavy (non-hydrogen) atoms. The molecule has 0 radical (unpaired) electrons. The molecule has 5 heteroatoms. The zero-order chi connectivity index (χ0) is 22.9. The first-order chi connectivity index (χ1) is 15.9. The minimum atomic E-state index is -0.487. The molecule has 0 bridgehead atoms. The number of aryl methyl sites for hydroxylation is 3. The second-order valence-corrected chi connectivity index (χ2v) is 8.86. The predicted octanol–water partition coefficient (Wildman–Crippen LogP) is 6.18. The van der Waals surface area contributed by atoms with Crippen molar-refractivity contribution in [1.82, 2.24) is 0 Å². The molecule has 3 aromatic carbocycles. The van der Waals surface area contributed by atoms with E-state index in [9.17, 15) is 4.79 Å². The van der Waals surface area contributed by atoms with Crippen molar-refractivity contribution in [3.8, 4) is 0 Å². The van der Waals surface area contributed by atoms with Gasteiger partial charge in [0.05, 0.1) is 28.1 Å². The predicted molar refractivity (Wildman–Crippen MR) is 129 cm³/mol. The van der Waals surface area contributed by atoms with Crippen LogP contribution in [0.3, 0.4) is 0 Å². The molecule has 5 nitrogen and oxygen atoms in total. The van der Waals surface area contributed by atoms with Crippen molar-refractivity contribution in [3.63, 3.8) is 0 Å². The normalized spacial score (nSPS) is 14.7. The van der Waals surface area contributed by atoms with Gasteiger partial charge in [-0.1, -0.05) is 53.1 Å². The van der Waals surface area contributed by atoms with Gasteiger partial charge >= 0.3 is 0 Å². The van der Waals surface area contributed by atoms with Gasteiger partial charge in [0.15, 0.2) is 5.43 Å². The third kappa shape index (κ3) is 2.93. The van der Waals surface area contributed by atoms with E-state index in [1.807, 2.05) is 81.4 Å². The number of hydrogen-bond donors (Lipinski definition) is 2. The fraction of sp³-hybridized carbons (Fsp3) is 0.143. The Balaban J connectivity index is 1.76. The van der Waals surface area contributed by atoms with E-state index in [0.717, 1.165) is 33.3 Å². The molecule has 1 atom stereocenters. The number of benzene rings is 3. The van der Waals surface area contributed by atoms with Crippen molar-refractivity contribution in [3.05, 3.63) is 110 Å². The van der Waals surface area contributed by atoms with Crippen molar-refractivity contribution >= 4 is 33.5 Å². The van der Waals surface area contributed by atoms with Crippen LogP contribution in [0.25, 0.3) is 21.9 Å². The lowest BCUT2D eigenvalue weighted by molar-refractivity contribution is 0.518. The molecular weight excluding hydrogens is 412 g/mol. The first-order valence-corrected chi connectivity index (χ1v) is 10.9. The van der Waals surface area contributed by atoms with E-state index in [4.69, 9.17) is 14.2 Å². The molecule has 1 unspecified atom stereocenters. The van der Waals surface area contributed by atoms with Gasteiger partial charge in [-0.05, 0) is 50.6 Å². The highest BCUT2D eigenvalue weighted by Crippen LogP contribution is 2.45. The summed E-state index contributed by atoms with van der Waals surface area (Å²) in [6.45, 7) is 6.00. The van der Waals surface area contributed by atoms with Crippen LogP contribution >= 0.6 is 0 Å².